The Morgan fingerprint density at radius 2 is 2.17 bits per heavy atom. The SMILES string of the molecule is NS(=O)(=O)C1CC(=O)N(CCC2=CCCCC2)C1. The first-order valence-corrected chi connectivity index (χ1v) is 8.05. The Hall–Kier alpha value is -0.880. The van der Waals surface area contributed by atoms with Crippen LogP contribution in [-0.4, -0.2) is 37.6 Å². The van der Waals surface area contributed by atoms with Crippen LogP contribution in [-0.2, 0) is 14.8 Å². The summed E-state index contributed by atoms with van der Waals surface area (Å²) in [5.41, 5.74) is 1.40. The van der Waals surface area contributed by atoms with E-state index in [0.29, 0.717) is 6.54 Å². The highest BCUT2D eigenvalue weighted by molar-refractivity contribution is 7.89. The first kappa shape index (κ1) is 13.5. The van der Waals surface area contributed by atoms with E-state index in [9.17, 15) is 13.2 Å². The van der Waals surface area contributed by atoms with Crippen LogP contribution in [0, 0.1) is 0 Å². The Balaban J connectivity index is 1.87. The molecule has 2 aliphatic rings. The maximum atomic E-state index is 11.7. The summed E-state index contributed by atoms with van der Waals surface area (Å²) in [6.07, 6.45) is 7.87. The predicted molar refractivity (Wildman–Crippen MR) is 69.3 cm³/mol. The van der Waals surface area contributed by atoms with E-state index in [0.717, 1.165) is 19.3 Å². The Morgan fingerprint density at radius 3 is 2.72 bits per heavy atom. The van der Waals surface area contributed by atoms with E-state index in [-0.39, 0.29) is 18.9 Å². The molecule has 1 aliphatic carbocycles. The van der Waals surface area contributed by atoms with Crippen LogP contribution in [0.3, 0.4) is 0 Å². The third-order valence-electron chi connectivity index (χ3n) is 3.73. The van der Waals surface area contributed by atoms with Gasteiger partial charge in [0.2, 0.25) is 15.9 Å². The molecule has 1 heterocycles. The lowest BCUT2D eigenvalue weighted by atomic mass is 9.97. The van der Waals surface area contributed by atoms with Crippen LogP contribution in [0.15, 0.2) is 11.6 Å². The van der Waals surface area contributed by atoms with Gasteiger partial charge in [-0.2, -0.15) is 0 Å². The van der Waals surface area contributed by atoms with Crippen LogP contribution >= 0.6 is 0 Å². The van der Waals surface area contributed by atoms with Gasteiger partial charge in [0.1, 0.15) is 5.25 Å². The second-order valence-electron chi connectivity index (χ2n) is 5.11. The number of likely N-dealkylation sites (tertiary alicyclic amines) is 1. The van der Waals surface area contributed by atoms with Crippen molar-refractivity contribution in [3.8, 4) is 0 Å². The summed E-state index contributed by atoms with van der Waals surface area (Å²) in [4.78, 5) is 13.3. The molecule has 0 spiro atoms. The maximum absolute atomic E-state index is 11.7. The molecule has 6 heteroatoms. The topological polar surface area (TPSA) is 80.5 Å². The van der Waals surface area contributed by atoms with Gasteiger partial charge >= 0.3 is 0 Å². The van der Waals surface area contributed by atoms with Gasteiger partial charge in [0, 0.05) is 19.5 Å². The highest BCUT2D eigenvalue weighted by Gasteiger charge is 2.36. The highest BCUT2D eigenvalue weighted by atomic mass is 32.2. The zero-order chi connectivity index (χ0) is 13.2. The molecule has 1 amide bonds. The van der Waals surface area contributed by atoms with Crippen molar-refractivity contribution in [1.82, 2.24) is 4.90 Å². The summed E-state index contributed by atoms with van der Waals surface area (Å²) < 4.78 is 22.4. The van der Waals surface area contributed by atoms with Crippen molar-refractivity contribution in [1.29, 1.82) is 0 Å². The molecule has 102 valence electrons. The zero-order valence-corrected chi connectivity index (χ0v) is 11.3. The largest absolute Gasteiger partial charge is 0.341 e. The fourth-order valence-electron chi connectivity index (χ4n) is 2.58. The van der Waals surface area contributed by atoms with Crippen LogP contribution in [0.25, 0.3) is 0 Å². The second kappa shape index (κ2) is 5.40. The Morgan fingerprint density at radius 1 is 1.39 bits per heavy atom. The molecular weight excluding hydrogens is 252 g/mol. The number of allylic oxidation sites excluding steroid dienone is 1. The van der Waals surface area contributed by atoms with Gasteiger partial charge in [-0.1, -0.05) is 11.6 Å². The fourth-order valence-corrected chi connectivity index (χ4v) is 3.34. The second-order valence-corrected chi connectivity index (χ2v) is 6.96. The van der Waals surface area contributed by atoms with E-state index in [1.807, 2.05) is 0 Å². The van der Waals surface area contributed by atoms with Gasteiger partial charge in [0.25, 0.3) is 0 Å². The van der Waals surface area contributed by atoms with Gasteiger partial charge in [0.05, 0.1) is 0 Å². The van der Waals surface area contributed by atoms with E-state index in [4.69, 9.17) is 5.14 Å². The van der Waals surface area contributed by atoms with Gasteiger partial charge in [-0.15, -0.1) is 0 Å². The average molecular weight is 272 g/mol. The van der Waals surface area contributed by atoms with E-state index >= 15 is 0 Å². The normalized spacial score (nSPS) is 25.4. The summed E-state index contributed by atoms with van der Waals surface area (Å²) >= 11 is 0. The van der Waals surface area contributed by atoms with Crippen LogP contribution in [0.5, 0.6) is 0 Å². The molecule has 0 saturated carbocycles. The lowest BCUT2D eigenvalue weighted by Gasteiger charge is -2.19. The Kier molecular flexibility index (Phi) is 4.07. The van der Waals surface area contributed by atoms with E-state index in [2.05, 4.69) is 6.08 Å². The molecule has 0 bridgehead atoms. The minimum Gasteiger partial charge on any atom is -0.341 e. The van der Waals surface area contributed by atoms with Gasteiger partial charge in [-0.05, 0) is 32.1 Å². The quantitative estimate of drug-likeness (QED) is 0.767. The van der Waals surface area contributed by atoms with Crippen molar-refractivity contribution < 1.29 is 13.2 Å². The first-order valence-electron chi connectivity index (χ1n) is 6.44. The number of nitrogens with two attached hydrogens (primary N) is 1. The summed E-state index contributed by atoms with van der Waals surface area (Å²) in [6, 6.07) is 0. The third-order valence-corrected chi connectivity index (χ3v) is 4.98. The van der Waals surface area contributed by atoms with Gasteiger partial charge in [-0.25, -0.2) is 13.6 Å². The molecule has 1 unspecified atom stereocenters. The average Bonchev–Trinajstić information content (AvgIpc) is 2.69. The van der Waals surface area contributed by atoms with Crippen LogP contribution in [0.2, 0.25) is 0 Å². The lowest BCUT2D eigenvalue weighted by Crippen LogP contribution is -2.32. The number of nitrogens with zero attached hydrogens (tertiary/aromatic N) is 1. The first-order chi connectivity index (χ1) is 8.47. The zero-order valence-electron chi connectivity index (χ0n) is 10.5. The molecule has 2 N–H and O–H groups in total. The molecule has 0 aromatic rings. The minimum atomic E-state index is -3.59. The highest BCUT2D eigenvalue weighted by Crippen LogP contribution is 2.22. The van der Waals surface area contributed by atoms with Crippen molar-refractivity contribution in [3.05, 3.63) is 11.6 Å². The molecule has 18 heavy (non-hydrogen) atoms. The van der Waals surface area contributed by atoms with E-state index in [1.54, 1.807) is 4.90 Å². The number of primary sulfonamides is 1. The Bertz CT molecular complexity index is 456. The van der Waals surface area contributed by atoms with Gasteiger partial charge in [0.15, 0.2) is 0 Å². The number of hydrogen-bond donors (Lipinski definition) is 1. The summed E-state index contributed by atoms with van der Waals surface area (Å²) in [7, 11) is -3.59. The van der Waals surface area contributed by atoms with Crippen LogP contribution in [0.4, 0.5) is 0 Å². The smallest absolute Gasteiger partial charge is 0.224 e. The van der Waals surface area contributed by atoms with E-state index in [1.165, 1.54) is 18.4 Å². The van der Waals surface area contributed by atoms with Crippen LogP contribution in [0.1, 0.15) is 38.5 Å². The number of hydrogen-bond acceptors (Lipinski definition) is 3. The standard InChI is InChI=1S/C12H20N2O3S/c13-18(16,17)11-8-12(15)14(9-11)7-6-10-4-2-1-3-5-10/h4,11H,1-3,5-9H2,(H2,13,16,17). The monoisotopic (exact) mass is 272 g/mol. The summed E-state index contributed by atoms with van der Waals surface area (Å²) in [5.74, 6) is -0.0922. The molecule has 5 nitrogen and oxygen atoms in total. The number of amides is 1. The maximum Gasteiger partial charge on any atom is 0.224 e. The fraction of sp³-hybridized carbons (Fsp3) is 0.750. The lowest BCUT2D eigenvalue weighted by molar-refractivity contribution is -0.127. The van der Waals surface area contributed by atoms with Gasteiger partial charge < -0.3 is 4.90 Å². The number of rotatable bonds is 4. The third kappa shape index (κ3) is 3.32. The molecule has 0 aromatic heterocycles. The molecule has 1 atom stereocenters. The summed E-state index contributed by atoms with van der Waals surface area (Å²) in [6.45, 7) is 0.877. The van der Waals surface area contributed by atoms with Gasteiger partial charge in [-0.3, -0.25) is 4.79 Å². The molecule has 1 aliphatic heterocycles. The molecule has 1 saturated heterocycles. The minimum absolute atomic E-state index is 0.0396. The van der Waals surface area contributed by atoms with Crippen LogP contribution < -0.4 is 5.14 Å². The van der Waals surface area contributed by atoms with Crippen molar-refractivity contribution >= 4 is 15.9 Å². The van der Waals surface area contributed by atoms with Crippen molar-refractivity contribution in [2.24, 2.45) is 5.14 Å². The molecule has 0 radical (unpaired) electrons. The van der Waals surface area contributed by atoms with Crippen molar-refractivity contribution in [2.45, 2.75) is 43.8 Å². The molecule has 2 rings (SSSR count). The van der Waals surface area contributed by atoms with Crippen molar-refractivity contribution in [2.75, 3.05) is 13.1 Å². The number of sulfonamides is 1. The number of carbonyl (C=O) groups excluding carboxylic acids is 1. The molecular formula is C12H20N2O3S. The predicted octanol–water partition coefficient (Wildman–Crippen LogP) is 0.766. The van der Waals surface area contributed by atoms with Crippen molar-refractivity contribution in [3.63, 3.8) is 0 Å². The van der Waals surface area contributed by atoms with E-state index < -0.39 is 15.3 Å². The molecule has 0 aromatic carbocycles. The molecule has 1 fully saturated rings. The Labute approximate surface area is 108 Å². The number of carbonyl (C=O) groups is 1. The summed E-state index contributed by atoms with van der Waals surface area (Å²) in [5, 5.41) is 4.37.